The van der Waals surface area contributed by atoms with E-state index in [-0.39, 0.29) is 22.7 Å². The van der Waals surface area contributed by atoms with E-state index < -0.39 is 30.9 Å². The maximum atomic E-state index is 12.6. The van der Waals surface area contributed by atoms with E-state index in [0.29, 0.717) is 0 Å². The summed E-state index contributed by atoms with van der Waals surface area (Å²) < 4.78 is 75.9. The van der Waals surface area contributed by atoms with E-state index in [1.807, 2.05) is 0 Å². The van der Waals surface area contributed by atoms with Crippen LogP contribution in [0.3, 0.4) is 0 Å². The fraction of sp³-hybridized carbons (Fsp3) is 0.417. The monoisotopic (exact) mass is 330 g/mol. The van der Waals surface area contributed by atoms with Gasteiger partial charge in [-0.3, -0.25) is 0 Å². The third-order valence-corrected chi connectivity index (χ3v) is 3.13. The molecule has 0 aliphatic rings. The third kappa shape index (κ3) is 3.61. The third-order valence-electron chi connectivity index (χ3n) is 2.89. The van der Waals surface area contributed by atoms with Crippen molar-refractivity contribution in [3.8, 4) is 0 Å². The topological polar surface area (TPSA) is 17.8 Å². The van der Waals surface area contributed by atoms with Crippen molar-refractivity contribution >= 4 is 22.6 Å². The Morgan fingerprint density at radius 2 is 1.76 bits per heavy atom. The van der Waals surface area contributed by atoms with Gasteiger partial charge in [-0.05, 0) is 18.2 Å². The molecule has 0 radical (unpaired) electrons. The molecule has 0 unspecified atom stereocenters. The Balaban J connectivity index is 2.45. The van der Waals surface area contributed by atoms with Crippen molar-refractivity contribution in [2.45, 2.75) is 31.2 Å². The van der Waals surface area contributed by atoms with Crippen molar-refractivity contribution in [1.29, 1.82) is 0 Å². The molecule has 0 aliphatic heterocycles. The molecule has 0 N–H and O–H groups in total. The number of alkyl halides is 7. The SMILES string of the molecule is FC(F)(F)CCn1c(CCl)nc2cc(C(F)(F)F)ccc21. The number of nitrogens with zero attached hydrogens (tertiary/aromatic N) is 2. The summed E-state index contributed by atoms with van der Waals surface area (Å²) in [4.78, 5) is 3.87. The molecule has 1 heterocycles. The zero-order valence-electron chi connectivity index (χ0n) is 10.4. The number of halogens is 7. The van der Waals surface area contributed by atoms with Gasteiger partial charge in [0.1, 0.15) is 5.82 Å². The predicted molar refractivity (Wildman–Crippen MR) is 65.0 cm³/mol. The second kappa shape index (κ2) is 5.40. The molecule has 0 spiro atoms. The molecule has 0 atom stereocenters. The first-order chi connectivity index (χ1) is 9.62. The first kappa shape index (κ1) is 15.9. The normalized spacial score (nSPS) is 13.1. The predicted octanol–water partition coefficient (Wildman–Crippen LogP) is 4.75. The van der Waals surface area contributed by atoms with Gasteiger partial charge in [-0.15, -0.1) is 11.6 Å². The highest BCUT2D eigenvalue weighted by atomic mass is 35.5. The minimum Gasteiger partial charge on any atom is -0.327 e. The molecule has 0 saturated carbocycles. The van der Waals surface area contributed by atoms with E-state index >= 15 is 0 Å². The molecular weight excluding hydrogens is 322 g/mol. The van der Waals surface area contributed by atoms with Crippen LogP contribution >= 0.6 is 11.6 Å². The largest absolute Gasteiger partial charge is 0.416 e. The summed E-state index contributed by atoms with van der Waals surface area (Å²) in [6.07, 6.45) is -10.0. The Morgan fingerprint density at radius 3 is 2.29 bits per heavy atom. The van der Waals surface area contributed by atoms with Crippen LogP contribution in [0.1, 0.15) is 17.8 Å². The van der Waals surface area contributed by atoms with Crippen molar-refractivity contribution in [2.24, 2.45) is 0 Å². The smallest absolute Gasteiger partial charge is 0.327 e. The molecule has 0 fully saturated rings. The van der Waals surface area contributed by atoms with Gasteiger partial charge in [0.25, 0.3) is 0 Å². The number of imidazole rings is 1. The highest BCUT2D eigenvalue weighted by molar-refractivity contribution is 6.16. The van der Waals surface area contributed by atoms with Crippen LogP contribution in [0.25, 0.3) is 11.0 Å². The van der Waals surface area contributed by atoms with Gasteiger partial charge < -0.3 is 4.57 Å². The van der Waals surface area contributed by atoms with E-state index in [0.717, 1.165) is 18.2 Å². The van der Waals surface area contributed by atoms with Crippen LogP contribution in [0.15, 0.2) is 18.2 Å². The van der Waals surface area contributed by atoms with Gasteiger partial charge in [0.05, 0.1) is 28.9 Å². The average Bonchev–Trinajstić information content (AvgIpc) is 2.71. The van der Waals surface area contributed by atoms with E-state index in [9.17, 15) is 26.3 Å². The van der Waals surface area contributed by atoms with E-state index in [1.54, 1.807) is 0 Å². The summed E-state index contributed by atoms with van der Waals surface area (Å²) >= 11 is 5.60. The standard InChI is InChI=1S/C12H9ClF6N2/c13-6-10-20-8-5-7(12(17,18)19)1-2-9(8)21(10)4-3-11(14,15)16/h1-2,5H,3-4,6H2. The van der Waals surface area contributed by atoms with Crippen molar-refractivity contribution in [1.82, 2.24) is 9.55 Å². The Hall–Kier alpha value is -1.44. The highest BCUT2D eigenvalue weighted by Gasteiger charge is 2.31. The van der Waals surface area contributed by atoms with Crippen molar-refractivity contribution in [3.63, 3.8) is 0 Å². The number of benzene rings is 1. The molecule has 1 aromatic heterocycles. The lowest BCUT2D eigenvalue weighted by molar-refractivity contribution is -0.137. The quantitative estimate of drug-likeness (QED) is 0.587. The summed E-state index contributed by atoms with van der Waals surface area (Å²) in [7, 11) is 0. The lowest BCUT2D eigenvalue weighted by atomic mass is 10.2. The molecule has 116 valence electrons. The van der Waals surface area contributed by atoms with Gasteiger partial charge in [0, 0.05) is 6.54 Å². The van der Waals surface area contributed by atoms with Gasteiger partial charge in [-0.2, -0.15) is 26.3 Å². The second-order valence-corrected chi connectivity index (χ2v) is 4.65. The number of rotatable bonds is 3. The fourth-order valence-corrected chi connectivity index (χ4v) is 2.15. The van der Waals surface area contributed by atoms with E-state index in [1.165, 1.54) is 4.57 Å². The number of aryl methyl sites for hydroxylation is 1. The van der Waals surface area contributed by atoms with Crippen LogP contribution in [0.2, 0.25) is 0 Å². The van der Waals surface area contributed by atoms with Crippen LogP contribution in [0.4, 0.5) is 26.3 Å². The molecule has 0 bridgehead atoms. The number of aromatic nitrogens is 2. The molecule has 9 heteroatoms. The van der Waals surface area contributed by atoms with Gasteiger partial charge in [0.2, 0.25) is 0 Å². The minimum atomic E-state index is -4.54. The van der Waals surface area contributed by atoms with Crippen LogP contribution in [-0.2, 0) is 18.6 Å². The number of hydrogen-bond donors (Lipinski definition) is 0. The van der Waals surface area contributed by atoms with Crippen LogP contribution in [0.5, 0.6) is 0 Å². The fourth-order valence-electron chi connectivity index (χ4n) is 1.95. The zero-order chi connectivity index (χ0) is 15.8. The molecule has 0 saturated heterocycles. The van der Waals surface area contributed by atoms with Crippen molar-refractivity contribution < 1.29 is 26.3 Å². The number of hydrogen-bond acceptors (Lipinski definition) is 1. The summed E-state index contributed by atoms with van der Waals surface area (Å²) in [6, 6.07) is 2.72. The number of fused-ring (bicyclic) bond motifs is 1. The molecule has 0 amide bonds. The lowest BCUT2D eigenvalue weighted by Gasteiger charge is -2.10. The maximum Gasteiger partial charge on any atom is 0.416 e. The summed E-state index contributed by atoms with van der Waals surface area (Å²) in [5.41, 5.74) is -0.734. The second-order valence-electron chi connectivity index (χ2n) is 4.38. The van der Waals surface area contributed by atoms with Gasteiger partial charge in [0.15, 0.2) is 0 Å². The zero-order valence-corrected chi connectivity index (χ0v) is 11.1. The van der Waals surface area contributed by atoms with E-state index in [2.05, 4.69) is 4.98 Å². The first-order valence-corrected chi connectivity index (χ1v) is 6.34. The van der Waals surface area contributed by atoms with Crippen molar-refractivity contribution in [3.05, 3.63) is 29.6 Å². The van der Waals surface area contributed by atoms with Crippen LogP contribution < -0.4 is 0 Å². The van der Waals surface area contributed by atoms with Gasteiger partial charge in [-0.1, -0.05) is 0 Å². The Labute approximate surface area is 120 Å². The molecule has 2 nitrogen and oxygen atoms in total. The summed E-state index contributed by atoms with van der Waals surface area (Å²) in [6.45, 7) is -0.437. The Morgan fingerprint density at radius 1 is 1.10 bits per heavy atom. The van der Waals surface area contributed by atoms with Crippen LogP contribution in [0, 0.1) is 0 Å². The summed E-state index contributed by atoms with van der Waals surface area (Å²) in [5.74, 6) is -0.0799. The van der Waals surface area contributed by atoms with Crippen molar-refractivity contribution in [2.75, 3.05) is 0 Å². The first-order valence-electron chi connectivity index (χ1n) is 5.81. The molecule has 0 aliphatic carbocycles. The van der Waals surface area contributed by atoms with Crippen LogP contribution in [-0.4, -0.2) is 15.7 Å². The molecule has 21 heavy (non-hydrogen) atoms. The Kier molecular flexibility index (Phi) is 4.10. The molecule has 2 aromatic rings. The molecule has 2 rings (SSSR count). The molecule has 1 aromatic carbocycles. The average molecular weight is 331 g/mol. The Bertz CT molecular complexity index is 643. The minimum absolute atomic E-state index is 0.0253. The summed E-state index contributed by atoms with van der Waals surface area (Å²) in [5, 5.41) is 0. The maximum absolute atomic E-state index is 12.6. The lowest BCUT2D eigenvalue weighted by Crippen LogP contribution is -2.13. The molecular formula is C12H9ClF6N2. The van der Waals surface area contributed by atoms with Gasteiger partial charge in [-0.25, -0.2) is 4.98 Å². The highest BCUT2D eigenvalue weighted by Crippen LogP contribution is 2.32. The van der Waals surface area contributed by atoms with Gasteiger partial charge >= 0.3 is 12.4 Å². The van der Waals surface area contributed by atoms with E-state index in [4.69, 9.17) is 11.6 Å².